The van der Waals surface area contributed by atoms with Crippen LogP contribution >= 0.6 is 28.2 Å². The van der Waals surface area contributed by atoms with E-state index in [2.05, 4.69) is 47.4 Å². The van der Waals surface area contributed by atoms with Crippen LogP contribution in [0.2, 0.25) is 0 Å². The fourth-order valence-electron chi connectivity index (χ4n) is 0.250. The van der Waals surface area contributed by atoms with Crippen molar-refractivity contribution in [2.75, 3.05) is 13.1 Å². The first-order chi connectivity index (χ1) is 3.83. The van der Waals surface area contributed by atoms with E-state index in [4.69, 9.17) is 0 Å². The molecule has 1 N–H and O–H groups in total. The molecule has 0 aliphatic rings. The summed E-state index contributed by atoms with van der Waals surface area (Å²) in [7, 11) is 0. The minimum atomic E-state index is 1.09. The predicted octanol–water partition coefficient (Wildman–Crippen LogP) is 2.30. The van der Waals surface area contributed by atoms with E-state index in [-0.39, 0.29) is 0 Å². The molecule has 0 fully saturated rings. The van der Waals surface area contributed by atoms with E-state index in [1.165, 1.54) is 11.3 Å². The molecule has 8 heavy (non-hydrogen) atoms. The van der Waals surface area contributed by atoms with Crippen molar-refractivity contribution < 1.29 is 11.3 Å². The molecule has 0 heterocycles. The summed E-state index contributed by atoms with van der Waals surface area (Å²) in [6.45, 7) is 6.39. The van der Waals surface area contributed by atoms with Crippen molar-refractivity contribution in [3.63, 3.8) is 0 Å². The summed E-state index contributed by atoms with van der Waals surface area (Å²) in [6, 6.07) is 0. The van der Waals surface area contributed by atoms with Crippen LogP contribution in [0.4, 0.5) is 0 Å². The average molecular weight is 296 g/mol. The van der Waals surface area contributed by atoms with Gasteiger partial charge in [0, 0.05) is 0 Å². The predicted molar refractivity (Wildman–Crippen MR) is 42.1 cm³/mol. The van der Waals surface area contributed by atoms with Crippen molar-refractivity contribution in [2.24, 2.45) is 0 Å². The fraction of sp³-hybridized carbons (Fsp3) is 1.00. The number of rotatable bonds is 2. The maximum atomic E-state index is 3.11. The Hall–Kier alpha value is 1.44. The molecule has 0 aromatic carbocycles. The van der Waals surface area contributed by atoms with Crippen LogP contribution in [0.1, 0.15) is 13.8 Å². The first-order valence-electron chi connectivity index (χ1n) is 2.35. The van der Waals surface area contributed by atoms with Crippen molar-refractivity contribution in [1.29, 1.82) is 0 Å². The second-order valence-corrected chi connectivity index (χ2v) is 5.75. The van der Waals surface area contributed by atoms with Gasteiger partial charge in [-0.2, -0.15) is 0 Å². The first-order valence-corrected chi connectivity index (χ1v) is 7.00. The Morgan fingerprint density at radius 2 is 1.50 bits per heavy atom. The third-order valence-electron chi connectivity index (χ3n) is 0.500. The molecule has 0 unspecified atom stereocenters. The number of hydrogen-bond acceptors (Lipinski definition) is 1. The van der Waals surface area contributed by atoms with Gasteiger partial charge in [-0.05, 0) is 13.1 Å². The van der Waals surface area contributed by atoms with Crippen LogP contribution in [0, 0.1) is 0 Å². The second kappa shape index (κ2) is 15.8. The molecule has 0 aromatic heterocycles. The Morgan fingerprint density at radius 3 is 1.50 bits per heavy atom. The molecule has 57 valence electrons. The van der Waals surface area contributed by atoms with Gasteiger partial charge in [0.1, 0.15) is 0 Å². The number of halogens is 2. The zero-order chi connectivity index (χ0) is 6.83. The van der Waals surface area contributed by atoms with Crippen molar-refractivity contribution in [1.82, 2.24) is 5.32 Å². The van der Waals surface area contributed by atoms with Gasteiger partial charge in [-0.15, -0.1) is 0 Å². The van der Waals surface area contributed by atoms with Gasteiger partial charge in [0.2, 0.25) is 0 Å². The van der Waals surface area contributed by atoms with Gasteiger partial charge in [0.25, 0.3) is 0 Å². The van der Waals surface area contributed by atoms with E-state index in [9.17, 15) is 0 Å². The van der Waals surface area contributed by atoms with E-state index in [0.29, 0.717) is 0 Å². The Kier molecular flexibility index (Phi) is 24.0. The van der Waals surface area contributed by atoms with E-state index in [1.807, 2.05) is 0 Å². The van der Waals surface area contributed by atoms with Gasteiger partial charge in [0.15, 0.2) is 0 Å². The van der Waals surface area contributed by atoms with E-state index < -0.39 is 0 Å². The summed E-state index contributed by atoms with van der Waals surface area (Å²) in [5.41, 5.74) is 0. The topological polar surface area (TPSA) is 12.0 Å². The van der Waals surface area contributed by atoms with Crippen LogP contribution in [-0.2, 0) is 11.3 Å². The molecule has 0 aliphatic carbocycles. The molecule has 0 rings (SSSR count). The summed E-state index contributed by atoms with van der Waals surface area (Å²) in [5, 5.41) is 3.11. The molecule has 1 nitrogen and oxygen atoms in total. The molecule has 0 aromatic rings. The fourth-order valence-corrected chi connectivity index (χ4v) is 0.250. The van der Waals surface area contributed by atoms with Crippen LogP contribution in [0.5, 0.6) is 0 Å². The number of nitrogens with one attached hydrogen (secondary N) is 1. The van der Waals surface area contributed by atoms with Gasteiger partial charge >= 0.3 is 39.6 Å². The molecule has 0 aliphatic heterocycles. The quantitative estimate of drug-likeness (QED) is 0.771. The Balaban J connectivity index is 0. The third-order valence-corrected chi connectivity index (χ3v) is 0.500. The van der Waals surface area contributed by atoms with Crippen LogP contribution in [0.25, 0.3) is 0 Å². The van der Waals surface area contributed by atoms with E-state index in [0.717, 1.165) is 13.1 Å². The van der Waals surface area contributed by atoms with Gasteiger partial charge < -0.3 is 5.32 Å². The molecule has 0 bridgehead atoms. The van der Waals surface area contributed by atoms with E-state index in [1.54, 1.807) is 0 Å². The molecule has 0 saturated heterocycles. The van der Waals surface area contributed by atoms with Crippen LogP contribution < -0.4 is 5.32 Å². The van der Waals surface area contributed by atoms with E-state index >= 15 is 0 Å². The van der Waals surface area contributed by atoms with Crippen LogP contribution in [0.3, 0.4) is 0 Å². The van der Waals surface area contributed by atoms with Crippen molar-refractivity contribution >= 4 is 28.2 Å². The maximum absolute atomic E-state index is 3.11. The average Bonchev–Trinajstić information content (AvgIpc) is 1.71. The minimum absolute atomic E-state index is 1.09. The summed E-state index contributed by atoms with van der Waals surface area (Å²) in [6.07, 6.45) is 0. The molecular formula is C4H11Br2CuN. The monoisotopic (exact) mass is 294 g/mol. The summed E-state index contributed by atoms with van der Waals surface area (Å²) >= 11 is 7.38. The Bertz CT molecular complexity index is 28.0. The molecular weight excluding hydrogens is 285 g/mol. The first kappa shape index (κ1) is 12.1. The molecule has 4 heteroatoms. The Morgan fingerprint density at radius 1 is 1.25 bits per heavy atom. The molecule has 0 saturated carbocycles. The van der Waals surface area contributed by atoms with Gasteiger partial charge in [-0.3, -0.25) is 0 Å². The summed E-state index contributed by atoms with van der Waals surface area (Å²) < 4.78 is 0. The van der Waals surface area contributed by atoms with Crippen LogP contribution in [0.15, 0.2) is 0 Å². The molecule has 0 spiro atoms. The van der Waals surface area contributed by atoms with Crippen molar-refractivity contribution in [3.05, 3.63) is 0 Å². The molecule has 0 radical (unpaired) electrons. The van der Waals surface area contributed by atoms with Gasteiger partial charge in [-0.25, -0.2) is 0 Å². The molecule has 0 amide bonds. The zero-order valence-electron chi connectivity index (χ0n) is 4.97. The zero-order valence-corrected chi connectivity index (χ0v) is 9.09. The molecule has 0 atom stereocenters. The number of hydrogen-bond donors (Lipinski definition) is 1. The Labute approximate surface area is 71.5 Å². The van der Waals surface area contributed by atoms with Crippen molar-refractivity contribution in [2.45, 2.75) is 13.8 Å². The van der Waals surface area contributed by atoms with Gasteiger partial charge in [-0.1, -0.05) is 13.8 Å². The summed E-state index contributed by atoms with van der Waals surface area (Å²) in [5.74, 6) is 0. The van der Waals surface area contributed by atoms with Crippen molar-refractivity contribution in [3.8, 4) is 0 Å². The van der Waals surface area contributed by atoms with Gasteiger partial charge in [0.05, 0.1) is 0 Å². The normalized spacial score (nSPS) is 8.00. The SMILES string of the molecule is CCNCC.[Br][Cu][Br]. The second-order valence-electron chi connectivity index (χ2n) is 1.00. The summed E-state index contributed by atoms with van der Waals surface area (Å²) in [4.78, 5) is 0. The third kappa shape index (κ3) is 26.1. The standard InChI is InChI=1S/C4H11N.2BrH.Cu/c1-3-5-4-2;;;/h5H,3-4H2,1-2H3;2*1H;/q;;;+2/p-2. The van der Waals surface area contributed by atoms with Crippen LogP contribution in [-0.4, -0.2) is 13.1 Å².